The molecule has 0 radical (unpaired) electrons. The van der Waals surface area contributed by atoms with Crippen LogP contribution in [0.5, 0.6) is 0 Å². The van der Waals surface area contributed by atoms with E-state index in [4.69, 9.17) is 4.74 Å². The Morgan fingerprint density at radius 1 is 1.36 bits per heavy atom. The summed E-state index contributed by atoms with van der Waals surface area (Å²) in [5.74, 6) is 0. The fraction of sp³-hybridized carbons (Fsp3) is 0.647. The second-order valence-corrected chi connectivity index (χ2v) is 6.48. The standard InChI is InChI=1S/C17H29N3O2/c1-12(13(2)18-6)15(19-7)14-8-10-20(11-9-14)16(21)22-17(3,4)5/h8,18H,9-11H2,1-7H3/b13-12+,19-15+. The minimum Gasteiger partial charge on any atom is -0.444 e. The van der Waals surface area contributed by atoms with Crippen molar-refractivity contribution in [1.82, 2.24) is 10.2 Å². The molecule has 1 rings (SSSR count). The first kappa shape index (κ1) is 18.3. The summed E-state index contributed by atoms with van der Waals surface area (Å²) in [6, 6.07) is 0. The Morgan fingerprint density at radius 3 is 2.41 bits per heavy atom. The number of amides is 1. The smallest absolute Gasteiger partial charge is 0.410 e. The number of carbonyl (C=O) groups excluding carboxylic acids is 1. The van der Waals surface area contributed by atoms with E-state index in [1.54, 1.807) is 4.90 Å². The van der Waals surface area contributed by atoms with E-state index in [0.29, 0.717) is 13.1 Å². The van der Waals surface area contributed by atoms with E-state index in [-0.39, 0.29) is 6.09 Å². The topological polar surface area (TPSA) is 53.9 Å². The Kier molecular flexibility index (Phi) is 6.21. The highest BCUT2D eigenvalue weighted by molar-refractivity contribution is 6.12. The number of carbonyl (C=O) groups is 1. The lowest BCUT2D eigenvalue weighted by molar-refractivity contribution is 0.0267. The monoisotopic (exact) mass is 307 g/mol. The number of rotatable bonds is 3. The van der Waals surface area contributed by atoms with Crippen LogP contribution in [0.3, 0.4) is 0 Å². The molecule has 0 fully saturated rings. The van der Waals surface area contributed by atoms with Gasteiger partial charge in [0.25, 0.3) is 0 Å². The molecule has 0 bridgehead atoms. The van der Waals surface area contributed by atoms with Crippen LogP contribution in [-0.2, 0) is 4.74 Å². The predicted molar refractivity (Wildman–Crippen MR) is 91.3 cm³/mol. The SMILES string of the molecule is C/N=C(C1=CCN(C(=O)OC(C)(C)C)CC1)\C(C)=C(/C)NC. The Labute approximate surface area is 134 Å². The molecule has 0 aromatic rings. The molecule has 0 aromatic heterocycles. The van der Waals surface area contributed by atoms with E-state index < -0.39 is 5.60 Å². The van der Waals surface area contributed by atoms with Crippen LogP contribution in [0.4, 0.5) is 4.79 Å². The van der Waals surface area contributed by atoms with E-state index in [0.717, 1.165) is 23.4 Å². The largest absolute Gasteiger partial charge is 0.444 e. The molecule has 0 saturated carbocycles. The van der Waals surface area contributed by atoms with Crippen LogP contribution in [0.15, 0.2) is 27.9 Å². The van der Waals surface area contributed by atoms with Crippen LogP contribution in [0.2, 0.25) is 0 Å². The van der Waals surface area contributed by atoms with Gasteiger partial charge in [0.2, 0.25) is 0 Å². The van der Waals surface area contributed by atoms with Crippen molar-refractivity contribution in [2.45, 2.75) is 46.6 Å². The van der Waals surface area contributed by atoms with Gasteiger partial charge in [-0.3, -0.25) is 4.99 Å². The molecular weight excluding hydrogens is 278 g/mol. The molecule has 0 atom stereocenters. The van der Waals surface area contributed by atoms with Gasteiger partial charge >= 0.3 is 6.09 Å². The van der Waals surface area contributed by atoms with Gasteiger partial charge < -0.3 is 15.0 Å². The van der Waals surface area contributed by atoms with Gasteiger partial charge in [0, 0.05) is 32.9 Å². The molecule has 5 heteroatoms. The third-order valence-corrected chi connectivity index (χ3v) is 3.68. The molecule has 1 amide bonds. The molecule has 1 N–H and O–H groups in total. The van der Waals surface area contributed by atoms with Crippen molar-refractivity contribution in [3.63, 3.8) is 0 Å². The molecule has 1 aliphatic rings. The minimum atomic E-state index is -0.458. The summed E-state index contributed by atoms with van der Waals surface area (Å²) in [6.07, 6.45) is 2.61. The average molecular weight is 307 g/mol. The quantitative estimate of drug-likeness (QED) is 0.815. The van der Waals surface area contributed by atoms with Crippen LogP contribution < -0.4 is 5.32 Å². The number of hydrogen-bond donors (Lipinski definition) is 1. The molecule has 1 aliphatic heterocycles. The molecule has 0 unspecified atom stereocenters. The highest BCUT2D eigenvalue weighted by Gasteiger charge is 2.25. The lowest BCUT2D eigenvalue weighted by atomic mass is 9.97. The number of nitrogens with one attached hydrogen (secondary N) is 1. The molecule has 0 aliphatic carbocycles. The van der Waals surface area contributed by atoms with Crippen LogP contribution in [0, 0.1) is 0 Å². The fourth-order valence-corrected chi connectivity index (χ4v) is 2.29. The average Bonchev–Trinajstić information content (AvgIpc) is 2.45. The Balaban J connectivity index is 2.82. The van der Waals surface area contributed by atoms with Crippen molar-refractivity contribution in [2.24, 2.45) is 4.99 Å². The maximum absolute atomic E-state index is 12.1. The van der Waals surface area contributed by atoms with Crippen molar-refractivity contribution >= 4 is 11.8 Å². The van der Waals surface area contributed by atoms with E-state index in [1.807, 2.05) is 41.8 Å². The van der Waals surface area contributed by atoms with E-state index in [1.165, 1.54) is 5.57 Å². The minimum absolute atomic E-state index is 0.253. The molecule has 0 spiro atoms. The molecule has 0 aromatic carbocycles. The zero-order valence-electron chi connectivity index (χ0n) is 14.9. The number of ether oxygens (including phenoxy) is 1. The number of aliphatic imine (C=N–C) groups is 1. The summed E-state index contributed by atoms with van der Waals surface area (Å²) in [6.45, 7) is 11.0. The van der Waals surface area contributed by atoms with Gasteiger partial charge in [0.15, 0.2) is 0 Å². The van der Waals surface area contributed by atoms with Crippen molar-refractivity contribution in [2.75, 3.05) is 27.2 Å². The number of allylic oxidation sites excluding steroid dienone is 2. The molecule has 22 heavy (non-hydrogen) atoms. The zero-order valence-corrected chi connectivity index (χ0v) is 14.9. The van der Waals surface area contributed by atoms with Crippen LogP contribution >= 0.6 is 0 Å². The number of hydrogen-bond acceptors (Lipinski definition) is 4. The summed E-state index contributed by atoms with van der Waals surface area (Å²) >= 11 is 0. The van der Waals surface area contributed by atoms with Crippen molar-refractivity contribution in [1.29, 1.82) is 0 Å². The fourth-order valence-electron chi connectivity index (χ4n) is 2.29. The van der Waals surface area contributed by atoms with Crippen LogP contribution in [0.25, 0.3) is 0 Å². The van der Waals surface area contributed by atoms with Gasteiger partial charge in [-0.25, -0.2) is 4.79 Å². The second-order valence-electron chi connectivity index (χ2n) is 6.48. The Bertz CT molecular complexity index is 510. The highest BCUT2D eigenvalue weighted by Crippen LogP contribution is 2.20. The normalized spacial score (nSPS) is 17.7. The third-order valence-electron chi connectivity index (χ3n) is 3.68. The summed E-state index contributed by atoms with van der Waals surface area (Å²) in [7, 11) is 3.72. The Hall–Kier alpha value is -1.78. The van der Waals surface area contributed by atoms with Gasteiger partial charge in [-0.05, 0) is 52.2 Å². The predicted octanol–water partition coefficient (Wildman–Crippen LogP) is 3.14. The van der Waals surface area contributed by atoms with Crippen LogP contribution in [0.1, 0.15) is 41.0 Å². The summed E-state index contributed by atoms with van der Waals surface area (Å²) in [5.41, 5.74) is 3.99. The van der Waals surface area contributed by atoms with Gasteiger partial charge in [-0.1, -0.05) is 6.08 Å². The maximum Gasteiger partial charge on any atom is 0.410 e. The van der Waals surface area contributed by atoms with E-state index in [9.17, 15) is 4.79 Å². The number of nitrogens with zero attached hydrogens (tertiary/aromatic N) is 2. The molecule has 0 saturated heterocycles. The molecule has 1 heterocycles. The lowest BCUT2D eigenvalue weighted by Crippen LogP contribution is -2.39. The third kappa shape index (κ3) is 4.90. The van der Waals surface area contributed by atoms with Crippen LogP contribution in [-0.4, -0.2) is 49.5 Å². The van der Waals surface area contributed by atoms with Gasteiger partial charge in [-0.15, -0.1) is 0 Å². The first-order valence-corrected chi connectivity index (χ1v) is 7.69. The molecule has 5 nitrogen and oxygen atoms in total. The molecular formula is C17H29N3O2. The van der Waals surface area contributed by atoms with E-state index in [2.05, 4.69) is 23.3 Å². The first-order valence-electron chi connectivity index (χ1n) is 7.69. The second kappa shape index (κ2) is 7.47. The summed E-state index contributed by atoms with van der Waals surface area (Å²) in [5, 5.41) is 3.16. The lowest BCUT2D eigenvalue weighted by Gasteiger charge is -2.30. The zero-order chi connectivity index (χ0) is 16.9. The van der Waals surface area contributed by atoms with Crippen molar-refractivity contribution in [3.05, 3.63) is 22.9 Å². The van der Waals surface area contributed by atoms with Crippen molar-refractivity contribution in [3.8, 4) is 0 Å². The van der Waals surface area contributed by atoms with E-state index >= 15 is 0 Å². The summed E-state index contributed by atoms with van der Waals surface area (Å²) < 4.78 is 5.41. The highest BCUT2D eigenvalue weighted by atomic mass is 16.6. The van der Waals surface area contributed by atoms with Gasteiger partial charge in [0.05, 0.1) is 5.71 Å². The molecule has 124 valence electrons. The van der Waals surface area contributed by atoms with Crippen molar-refractivity contribution < 1.29 is 9.53 Å². The summed E-state index contributed by atoms with van der Waals surface area (Å²) in [4.78, 5) is 18.2. The van der Waals surface area contributed by atoms with Gasteiger partial charge in [0.1, 0.15) is 5.60 Å². The maximum atomic E-state index is 12.1. The first-order chi connectivity index (χ1) is 10.2. The van der Waals surface area contributed by atoms with Gasteiger partial charge in [-0.2, -0.15) is 0 Å². The Morgan fingerprint density at radius 2 is 2.00 bits per heavy atom.